The second-order valence-electron chi connectivity index (χ2n) is 7.23. The number of aliphatic hydroxyl groups is 2. The SMILES string of the molecule is CN(CC(O)C1(O)CCOCC1)C1CCN(c2ccccc2)CC1. The van der Waals surface area contributed by atoms with Gasteiger partial charge in [-0.2, -0.15) is 0 Å². The summed E-state index contributed by atoms with van der Waals surface area (Å²) in [5.74, 6) is 0. The first kappa shape index (κ1) is 17.7. The Labute approximate surface area is 144 Å². The maximum Gasteiger partial charge on any atom is 0.0961 e. The number of aliphatic hydroxyl groups excluding tert-OH is 1. The highest BCUT2D eigenvalue weighted by Crippen LogP contribution is 2.27. The van der Waals surface area contributed by atoms with Crippen molar-refractivity contribution in [1.29, 1.82) is 0 Å². The predicted octanol–water partition coefficient (Wildman–Crippen LogP) is 1.49. The van der Waals surface area contributed by atoms with Gasteiger partial charge in [0.05, 0.1) is 11.7 Å². The van der Waals surface area contributed by atoms with Crippen LogP contribution < -0.4 is 4.90 Å². The van der Waals surface area contributed by atoms with Gasteiger partial charge >= 0.3 is 0 Å². The lowest BCUT2D eigenvalue weighted by Gasteiger charge is -2.41. The monoisotopic (exact) mass is 334 g/mol. The molecule has 1 aromatic carbocycles. The van der Waals surface area contributed by atoms with Crippen LogP contribution in [0.4, 0.5) is 5.69 Å². The van der Waals surface area contributed by atoms with E-state index in [1.54, 1.807) is 0 Å². The molecule has 0 amide bonds. The van der Waals surface area contributed by atoms with Crippen molar-refractivity contribution >= 4 is 5.69 Å². The van der Waals surface area contributed by atoms with Gasteiger partial charge in [-0.1, -0.05) is 18.2 Å². The van der Waals surface area contributed by atoms with E-state index in [0.29, 0.717) is 38.6 Å². The summed E-state index contributed by atoms with van der Waals surface area (Å²) >= 11 is 0. The molecule has 2 saturated heterocycles. The minimum atomic E-state index is -0.989. The molecule has 1 unspecified atom stereocenters. The third kappa shape index (κ3) is 4.09. The van der Waals surface area contributed by atoms with E-state index in [9.17, 15) is 10.2 Å². The highest BCUT2D eigenvalue weighted by atomic mass is 16.5. The summed E-state index contributed by atoms with van der Waals surface area (Å²) in [6.07, 6.45) is 2.50. The van der Waals surface area contributed by atoms with Crippen LogP contribution >= 0.6 is 0 Å². The highest BCUT2D eigenvalue weighted by Gasteiger charge is 2.38. The van der Waals surface area contributed by atoms with Gasteiger partial charge in [0.25, 0.3) is 0 Å². The fourth-order valence-electron chi connectivity index (χ4n) is 3.85. The molecule has 1 aromatic rings. The van der Waals surface area contributed by atoms with Crippen LogP contribution in [0.25, 0.3) is 0 Å². The van der Waals surface area contributed by atoms with E-state index in [0.717, 1.165) is 25.9 Å². The molecule has 2 aliphatic rings. The van der Waals surface area contributed by atoms with Crippen LogP contribution in [-0.4, -0.2) is 72.8 Å². The Morgan fingerprint density at radius 3 is 2.46 bits per heavy atom. The first-order chi connectivity index (χ1) is 11.6. The van der Waals surface area contributed by atoms with Crippen molar-refractivity contribution in [2.45, 2.75) is 43.4 Å². The molecule has 0 saturated carbocycles. The maximum absolute atomic E-state index is 10.6. The molecular weight excluding hydrogens is 304 g/mol. The number of benzene rings is 1. The molecule has 1 atom stereocenters. The third-order valence-electron chi connectivity index (χ3n) is 5.65. The van der Waals surface area contributed by atoms with Crippen LogP contribution in [0.15, 0.2) is 30.3 Å². The van der Waals surface area contributed by atoms with Gasteiger partial charge in [0.1, 0.15) is 0 Å². The Bertz CT molecular complexity index is 497. The van der Waals surface area contributed by atoms with Crippen molar-refractivity contribution in [3.05, 3.63) is 30.3 Å². The van der Waals surface area contributed by atoms with E-state index in [2.05, 4.69) is 41.1 Å². The molecule has 0 bridgehead atoms. The van der Waals surface area contributed by atoms with Crippen LogP contribution in [-0.2, 0) is 4.74 Å². The topological polar surface area (TPSA) is 56.2 Å². The van der Waals surface area contributed by atoms with E-state index in [4.69, 9.17) is 4.74 Å². The number of para-hydroxylation sites is 1. The van der Waals surface area contributed by atoms with Gasteiger partial charge in [-0.05, 0) is 32.0 Å². The molecule has 2 fully saturated rings. The predicted molar refractivity (Wildman–Crippen MR) is 95.3 cm³/mol. The summed E-state index contributed by atoms with van der Waals surface area (Å²) in [7, 11) is 2.06. The number of rotatable bonds is 5. The molecule has 0 aromatic heterocycles. The fourth-order valence-corrected chi connectivity index (χ4v) is 3.85. The number of ether oxygens (including phenoxy) is 1. The van der Waals surface area contributed by atoms with Gasteiger partial charge in [0, 0.05) is 57.4 Å². The summed E-state index contributed by atoms with van der Waals surface area (Å²) in [6, 6.07) is 11.0. The van der Waals surface area contributed by atoms with E-state index < -0.39 is 11.7 Å². The lowest BCUT2D eigenvalue weighted by Crippen LogP contribution is -2.53. The normalized spacial score (nSPS) is 23.4. The first-order valence-corrected chi connectivity index (χ1v) is 9.07. The number of nitrogens with zero attached hydrogens (tertiary/aromatic N) is 2. The van der Waals surface area contributed by atoms with E-state index >= 15 is 0 Å². The average Bonchev–Trinajstić information content (AvgIpc) is 2.63. The van der Waals surface area contributed by atoms with Crippen molar-refractivity contribution in [2.24, 2.45) is 0 Å². The number of hydrogen-bond acceptors (Lipinski definition) is 5. The fraction of sp³-hybridized carbons (Fsp3) is 0.684. The Kier molecular flexibility index (Phi) is 5.76. The van der Waals surface area contributed by atoms with Crippen LogP contribution in [0.5, 0.6) is 0 Å². The van der Waals surface area contributed by atoms with Crippen LogP contribution in [0.3, 0.4) is 0 Å². The lowest BCUT2D eigenvalue weighted by atomic mass is 9.87. The van der Waals surface area contributed by atoms with Gasteiger partial charge in [-0.15, -0.1) is 0 Å². The van der Waals surface area contributed by atoms with Crippen molar-refractivity contribution in [2.75, 3.05) is 44.8 Å². The third-order valence-corrected chi connectivity index (χ3v) is 5.65. The summed E-state index contributed by atoms with van der Waals surface area (Å²) in [4.78, 5) is 4.65. The van der Waals surface area contributed by atoms with E-state index in [1.165, 1.54) is 5.69 Å². The number of piperidine rings is 1. The molecule has 2 heterocycles. The maximum atomic E-state index is 10.6. The Morgan fingerprint density at radius 1 is 1.21 bits per heavy atom. The molecule has 5 heteroatoms. The molecule has 0 aliphatic carbocycles. The standard InChI is InChI=1S/C19H30N2O3/c1-20(15-18(22)19(23)9-13-24-14-10-19)16-7-11-21(12-8-16)17-5-3-2-4-6-17/h2-6,16,18,22-23H,7-15H2,1H3. The van der Waals surface area contributed by atoms with Gasteiger partial charge in [-0.3, -0.25) is 0 Å². The van der Waals surface area contributed by atoms with Gasteiger partial charge in [-0.25, -0.2) is 0 Å². The van der Waals surface area contributed by atoms with Crippen molar-refractivity contribution in [1.82, 2.24) is 4.90 Å². The lowest BCUT2D eigenvalue weighted by molar-refractivity contribution is -0.138. The minimum Gasteiger partial charge on any atom is -0.389 e. The molecule has 0 spiro atoms. The van der Waals surface area contributed by atoms with Gasteiger partial charge in [0.15, 0.2) is 0 Å². The summed E-state index contributed by atoms with van der Waals surface area (Å²) in [5, 5.41) is 21.1. The zero-order chi connectivity index (χ0) is 17.0. The zero-order valence-electron chi connectivity index (χ0n) is 14.6. The van der Waals surface area contributed by atoms with Crippen molar-refractivity contribution < 1.29 is 14.9 Å². The van der Waals surface area contributed by atoms with Crippen molar-refractivity contribution in [3.8, 4) is 0 Å². The molecule has 2 aliphatic heterocycles. The van der Waals surface area contributed by atoms with Gasteiger partial charge < -0.3 is 24.7 Å². The minimum absolute atomic E-state index is 0.461. The molecule has 3 rings (SSSR count). The first-order valence-electron chi connectivity index (χ1n) is 9.07. The van der Waals surface area contributed by atoms with Crippen LogP contribution in [0.2, 0.25) is 0 Å². The highest BCUT2D eigenvalue weighted by molar-refractivity contribution is 5.46. The molecule has 5 nitrogen and oxygen atoms in total. The number of anilines is 1. The molecule has 0 radical (unpaired) electrons. The Balaban J connectivity index is 1.49. The van der Waals surface area contributed by atoms with Crippen LogP contribution in [0, 0.1) is 0 Å². The summed E-state index contributed by atoms with van der Waals surface area (Å²) in [6.45, 7) is 3.66. The molecule has 2 N–H and O–H groups in total. The molecule has 24 heavy (non-hydrogen) atoms. The van der Waals surface area contributed by atoms with E-state index in [-0.39, 0.29) is 0 Å². The van der Waals surface area contributed by atoms with Crippen molar-refractivity contribution in [3.63, 3.8) is 0 Å². The summed E-state index contributed by atoms with van der Waals surface area (Å²) in [5.41, 5.74) is 0.298. The number of hydrogen-bond donors (Lipinski definition) is 2. The zero-order valence-corrected chi connectivity index (χ0v) is 14.6. The average molecular weight is 334 g/mol. The number of likely N-dealkylation sites (N-methyl/N-ethyl adjacent to an activating group) is 1. The second-order valence-corrected chi connectivity index (χ2v) is 7.23. The van der Waals surface area contributed by atoms with Crippen LogP contribution in [0.1, 0.15) is 25.7 Å². The quantitative estimate of drug-likeness (QED) is 0.854. The summed E-state index contributed by atoms with van der Waals surface area (Å²) < 4.78 is 5.30. The van der Waals surface area contributed by atoms with E-state index in [1.807, 2.05) is 6.07 Å². The second kappa shape index (κ2) is 7.83. The Morgan fingerprint density at radius 2 is 1.83 bits per heavy atom. The molecule has 134 valence electrons. The Hall–Kier alpha value is -1.14. The molecular formula is C19H30N2O3. The smallest absolute Gasteiger partial charge is 0.0961 e. The van der Waals surface area contributed by atoms with Gasteiger partial charge in [0.2, 0.25) is 0 Å². The largest absolute Gasteiger partial charge is 0.389 e.